The van der Waals surface area contributed by atoms with Gasteiger partial charge in [-0.15, -0.1) is 0 Å². The van der Waals surface area contributed by atoms with Gasteiger partial charge in [-0.25, -0.2) is 0 Å². The van der Waals surface area contributed by atoms with Crippen molar-refractivity contribution < 1.29 is 9.53 Å². The molecule has 104 valence electrons. The molecule has 2 aromatic carbocycles. The summed E-state index contributed by atoms with van der Waals surface area (Å²) in [6, 6.07) is 15.3. The van der Waals surface area contributed by atoms with Gasteiger partial charge in [-0.1, -0.05) is 12.1 Å². The fraction of sp³-hybridized carbons (Fsp3) is 0.235. The Morgan fingerprint density at radius 1 is 1.15 bits per heavy atom. The van der Waals surface area contributed by atoms with Gasteiger partial charge < -0.3 is 9.64 Å². The molecule has 0 bridgehead atoms. The van der Waals surface area contributed by atoms with Crippen LogP contribution >= 0.6 is 0 Å². The molecular formula is C17H19NO2. The number of carbonyl (C=O) groups is 1. The minimum atomic E-state index is 0.0941. The molecule has 0 fully saturated rings. The molecular weight excluding hydrogens is 250 g/mol. The molecule has 2 aromatic rings. The molecule has 0 saturated carbocycles. The molecule has 0 aromatic heterocycles. The van der Waals surface area contributed by atoms with E-state index in [0.29, 0.717) is 12.1 Å². The van der Waals surface area contributed by atoms with Crippen LogP contribution in [-0.4, -0.2) is 26.5 Å². The van der Waals surface area contributed by atoms with Gasteiger partial charge in [0, 0.05) is 18.3 Å². The first-order chi connectivity index (χ1) is 9.60. The molecule has 0 aliphatic carbocycles. The van der Waals surface area contributed by atoms with Crippen LogP contribution in [0, 0.1) is 6.92 Å². The second-order valence-electron chi connectivity index (χ2n) is 4.85. The van der Waals surface area contributed by atoms with E-state index in [2.05, 4.69) is 6.07 Å². The first-order valence-electron chi connectivity index (χ1n) is 6.55. The smallest absolute Gasteiger partial charge is 0.182 e. The molecule has 0 spiro atoms. The van der Waals surface area contributed by atoms with E-state index >= 15 is 0 Å². The molecule has 0 N–H and O–H groups in total. The van der Waals surface area contributed by atoms with Crippen molar-refractivity contribution in [3.63, 3.8) is 0 Å². The number of benzene rings is 2. The third-order valence-corrected chi connectivity index (χ3v) is 3.24. The van der Waals surface area contributed by atoms with Crippen molar-refractivity contribution in [2.24, 2.45) is 0 Å². The van der Waals surface area contributed by atoms with Crippen LogP contribution in [0.3, 0.4) is 0 Å². The summed E-state index contributed by atoms with van der Waals surface area (Å²) in [5.41, 5.74) is 2.93. The first-order valence-corrected chi connectivity index (χ1v) is 6.55. The zero-order valence-electron chi connectivity index (χ0n) is 12.1. The van der Waals surface area contributed by atoms with Gasteiger partial charge in [0.2, 0.25) is 0 Å². The number of hydrogen-bond donors (Lipinski definition) is 0. The van der Waals surface area contributed by atoms with Crippen molar-refractivity contribution in [3.8, 4) is 5.75 Å². The topological polar surface area (TPSA) is 29.5 Å². The molecule has 0 amide bonds. The lowest BCUT2D eigenvalue weighted by molar-refractivity contribution is 0.100. The molecule has 20 heavy (non-hydrogen) atoms. The maximum Gasteiger partial charge on any atom is 0.182 e. The summed E-state index contributed by atoms with van der Waals surface area (Å²) in [4.78, 5) is 14.2. The number of rotatable bonds is 5. The van der Waals surface area contributed by atoms with Crippen LogP contribution in [0.2, 0.25) is 0 Å². The average molecular weight is 269 g/mol. The van der Waals surface area contributed by atoms with E-state index in [1.807, 2.05) is 37.1 Å². The zero-order valence-corrected chi connectivity index (χ0v) is 12.1. The van der Waals surface area contributed by atoms with Crippen LogP contribution < -0.4 is 9.64 Å². The number of methoxy groups -OCH3 is 1. The van der Waals surface area contributed by atoms with E-state index in [-0.39, 0.29) is 5.78 Å². The highest BCUT2D eigenvalue weighted by Gasteiger charge is 2.10. The number of ketones is 1. The quantitative estimate of drug-likeness (QED) is 0.780. The number of hydrogen-bond acceptors (Lipinski definition) is 3. The highest BCUT2D eigenvalue weighted by atomic mass is 16.5. The Labute approximate surface area is 119 Å². The number of likely N-dealkylation sites (N-methyl/N-ethyl adjacent to an activating group) is 1. The Balaban J connectivity index is 2.06. The number of carbonyl (C=O) groups excluding carboxylic acids is 1. The Morgan fingerprint density at radius 3 is 2.45 bits per heavy atom. The van der Waals surface area contributed by atoms with E-state index < -0.39 is 0 Å². The molecule has 0 heterocycles. The molecule has 0 aliphatic rings. The van der Waals surface area contributed by atoms with E-state index in [1.165, 1.54) is 5.56 Å². The molecule has 0 atom stereocenters. The monoisotopic (exact) mass is 269 g/mol. The molecule has 0 aliphatic heterocycles. The predicted molar refractivity (Wildman–Crippen MR) is 81.8 cm³/mol. The lowest BCUT2D eigenvalue weighted by Gasteiger charge is -2.19. The lowest BCUT2D eigenvalue weighted by atomic mass is 10.1. The van der Waals surface area contributed by atoms with Gasteiger partial charge in [0.25, 0.3) is 0 Å². The van der Waals surface area contributed by atoms with Crippen molar-refractivity contribution in [2.45, 2.75) is 6.92 Å². The summed E-state index contributed by atoms with van der Waals surface area (Å²) in [5, 5.41) is 0. The normalized spacial score (nSPS) is 10.2. The van der Waals surface area contributed by atoms with Crippen molar-refractivity contribution >= 4 is 11.5 Å². The van der Waals surface area contributed by atoms with Crippen molar-refractivity contribution in [1.29, 1.82) is 0 Å². The molecule has 3 nitrogen and oxygen atoms in total. The van der Waals surface area contributed by atoms with Crippen LogP contribution in [-0.2, 0) is 0 Å². The third kappa shape index (κ3) is 3.38. The van der Waals surface area contributed by atoms with Gasteiger partial charge in [-0.2, -0.15) is 0 Å². The maximum atomic E-state index is 12.2. The average Bonchev–Trinajstić information content (AvgIpc) is 2.47. The van der Waals surface area contributed by atoms with Crippen molar-refractivity contribution in [3.05, 3.63) is 59.7 Å². The largest absolute Gasteiger partial charge is 0.497 e. The highest BCUT2D eigenvalue weighted by Crippen LogP contribution is 2.16. The standard InChI is InChI=1S/C17H19NO2/c1-13-5-4-6-15(11-13)18(2)12-17(19)14-7-9-16(20-3)10-8-14/h4-11H,12H2,1-3H3. The Morgan fingerprint density at radius 2 is 1.85 bits per heavy atom. The van der Waals surface area contributed by atoms with Crippen molar-refractivity contribution in [2.75, 3.05) is 25.6 Å². The first kappa shape index (κ1) is 14.1. The minimum Gasteiger partial charge on any atom is -0.497 e. The van der Waals surface area contributed by atoms with Crippen LogP contribution in [0.25, 0.3) is 0 Å². The fourth-order valence-electron chi connectivity index (χ4n) is 2.04. The maximum absolute atomic E-state index is 12.2. The van der Waals surface area contributed by atoms with E-state index in [4.69, 9.17) is 4.74 Å². The Kier molecular flexibility index (Phi) is 4.41. The molecule has 2 rings (SSSR count). The van der Waals surface area contributed by atoms with Gasteiger partial charge >= 0.3 is 0 Å². The second kappa shape index (κ2) is 6.24. The van der Waals surface area contributed by atoms with Crippen LogP contribution in [0.4, 0.5) is 5.69 Å². The summed E-state index contributed by atoms with van der Waals surface area (Å²) in [5.74, 6) is 0.852. The lowest BCUT2D eigenvalue weighted by Crippen LogP contribution is -2.25. The van der Waals surface area contributed by atoms with E-state index in [0.717, 1.165) is 11.4 Å². The third-order valence-electron chi connectivity index (χ3n) is 3.24. The molecule has 0 saturated heterocycles. The van der Waals surface area contributed by atoms with Gasteiger partial charge in [-0.05, 0) is 48.9 Å². The number of ether oxygens (including phenoxy) is 1. The number of aryl methyl sites for hydroxylation is 1. The number of nitrogens with zero attached hydrogens (tertiary/aromatic N) is 1. The SMILES string of the molecule is COc1ccc(C(=O)CN(C)c2cccc(C)c2)cc1. The summed E-state index contributed by atoms with van der Waals surface area (Å²) in [7, 11) is 3.54. The number of Topliss-reactive ketones (excluding diaryl/α,β-unsaturated/α-hetero) is 1. The highest BCUT2D eigenvalue weighted by molar-refractivity contribution is 5.99. The van der Waals surface area contributed by atoms with E-state index in [1.54, 1.807) is 31.4 Å². The van der Waals surface area contributed by atoms with Crippen molar-refractivity contribution in [1.82, 2.24) is 0 Å². The summed E-state index contributed by atoms with van der Waals surface area (Å²) in [6.45, 7) is 2.40. The van der Waals surface area contributed by atoms with Crippen LogP contribution in [0.15, 0.2) is 48.5 Å². The number of anilines is 1. The summed E-state index contributed by atoms with van der Waals surface area (Å²) >= 11 is 0. The molecule has 3 heteroatoms. The van der Waals surface area contributed by atoms with Gasteiger partial charge in [0.05, 0.1) is 13.7 Å². The van der Waals surface area contributed by atoms with Crippen LogP contribution in [0.5, 0.6) is 5.75 Å². The Bertz CT molecular complexity index is 590. The van der Waals surface area contributed by atoms with Gasteiger partial charge in [-0.3, -0.25) is 4.79 Å². The predicted octanol–water partition coefficient (Wildman–Crippen LogP) is 3.32. The molecule has 0 unspecified atom stereocenters. The van der Waals surface area contributed by atoms with Gasteiger partial charge in [0.15, 0.2) is 5.78 Å². The summed E-state index contributed by atoms with van der Waals surface area (Å²) < 4.78 is 5.09. The Hall–Kier alpha value is -2.29. The van der Waals surface area contributed by atoms with Crippen LogP contribution in [0.1, 0.15) is 15.9 Å². The van der Waals surface area contributed by atoms with E-state index in [9.17, 15) is 4.79 Å². The van der Waals surface area contributed by atoms with Gasteiger partial charge in [0.1, 0.15) is 5.75 Å². The fourth-order valence-corrected chi connectivity index (χ4v) is 2.04. The summed E-state index contributed by atoms with van der Waals surface area (Å²) in [6.07, 6.45) is 0. The minimum absolute atomic E-state index is 0.0941. The second-order valence-corrected chi connectivity index (χ2v) is 4.85. The molecule has 0 radical (unpaired) electrons. The zero-order chi connectivity index (χ0) is 14.5.